The van der Waals surface area contributed by atoms with E-state index in [0.717, 1.165) is 18.5 Å². The number of benzene rings is 1. The van der Waals surface area contributed by atoms with Gasteiger partial charge in [-0.2, -0.15) is 0 Å². The first kappa shape index (κ1) is 14.7. The highest BCUT2D eigenvalue weighted by Crippen LogP contribution is 2.31. The smallest absolute Gasteiger partial charge is 0.335 e. The van der Waals surface area contributed by atoms with Gasteiger partial charge < -0.3 is 20.8 Å². The van der Waals surface area contributed by atoms with Gasteiger partial charge in [0, 0.05) is 12.6 Å². The van der Waals surface area contributed by atoms with Gasteiger partial charge in [0.1, 0.15) is 0 Å². The summed E-state index contributed by atoms with van der Waals surface area (Å²) in [7, 11) is 0. The Labute approximate surface area is 119 Å². The third-order valence-electron chi connectivity index (χ3n) is 3.94. The molecule has 1 aliphatic carbocycles. The molecule has 0 aromatic heterocycles. The number of aliphatic hydroxyl groups is 1. The molecule has 0 amide bonds. The second-order valence-electron chi connectivity index (χ2n) is 5.29. The molecule has 1 aromatic carbocycles. The van der Waals surface area contributed by atoms with Gasteiger partial charge in [0.2, 0.25) is 0 Å². The van der Waals surface area contributed by atoms with Crippen LogP contribution < -0.4 is 10.6 Å². The van der Waals surface area contributed by atoms with Crippen LogP contribution in [0.25, 0.3) is 0 Å². The molecule has 2 rings (SSSR count). The average Bonchev–Trinajstić information content (AvgIpc) is 2.46. The first-order chi connectivity index (χ1) is 9.63. The van der Waals surface area contributed by atoms with Gasteiger partial charge >= 0.3 is 5.97 Å². The van der Waals surface area contributed by atoms with Gasteiger partial charge in [-0.05, 0) is 31.0 Å². The number of nitrogen functional groups attached to an aromatic ring is 1. The summed E-state index contributed by atoms with van der Waals surface area (Å²) >= 11 is 0. The third kappa shape index (κ3) is 3.22. The summed E-state index contributed by atoms with van der Waals surface area (Å²) < 4.78 is 0. The maximum Gasteiger partial charge on any atom is 0.335 e. The second kappa shape index (κ2) is 6.61. The summed E-state index contributed by atoms with van der Waals surface area (Å²) in [5, 5.41) is 18.4. The fourth-order valence-electron chi connectivity index (χ4n) is 2.93. The van der Waals surface area contributed by atoms with Gasteiger partial charge in [-0.1, -0.05) is 19.3 Å². The Balaban J connectivity index is 2.31. The lowest BCUT2D eigenvalue weighted by molar-refractivity contribution is 0.0697. The van der Waals surface area contributed by atoms with E-state index in [0.29, 0.717) is 18.3 Å². The van der Waals surface area contributed by atoms with Crippen molar-refractivity contribution in [1.29, 1.82) is 0 Å². The number of carboxylic acids is 1. The Morgan fingerprint density at radius 2 is 2.00 bits per heavy atom. The molecule has 5 heteroatoms. The molecule has 5 nitrogen and oxygen atoms in total. The minimum Gasteiger partial charge on any atom is -0.478 e. The molecule has 1 fully saturated rings. The van der Waals surface area contributed by atoms with Gasteiger partial charge in [0.15, 0.2) is 0 Å². The van der Waals surface area contributed by atoms with Crippen molar-refractivity contribution < 1.29 is 15.0 Å². The lowest BCUT2D eigenvalue weighted by Gasteiger charge is -2.36. The zero-order valence-electron chi connectivity index (χ0n) is 11.6. The van der Waals surface area contributed by atoms with Crippen LogP contribution in [0, 0.1) is 0 Å². The number of rotatable bonds is 5. The molecule has 0 unspecified atom stereocenters. The Hall–Kier alpha value is -1.75. The molecule has 4 N–H and O–H groups in total. The molecule has 0 saturated heterocycles. The van der Waals surface area contributed by atoms with Crippen molar-refractivity contribution in [2.45, 2.75) is 38.1 Å². The van der Waals surface area contributed by atoms with E-state index in [-0.39, 0.29) is 12.2 Å². The first-order valence-corrected chi connectivity index (χ1v) is 7.14. The molecule has 0 heterocycles. The van der Waals surface area contributed by atoms with Crippen molar-refractivity contribution >= 4 is 17.3 Å². The number of hydrogen-bond acceptors (Lipinski definition) is 4. The first-order valence-electron chi connectivity index (χ1n) is 7.14. The Morgan fingerprint density at radius 3 is 2.60 bits per heavy atom. The zero-order chi connectivity index (χ0) is 14.5. The highest BCUT2D eigenvalue weighted by atomic mass is 16.4. The van der Waals surface area contributed by atoms with Crippen molar-refractivity contribution in [3.63, 3.8) is 0 Å². The van der Waals surface area contributed by atoms with Crippen molar-refractivity contribution in [1.82, 2.24) is 0 Å². The van der Waals surface area contributed by atoms with Gasteiger partial charge in [-0.15, -0.1) is 0 Å². The van der Waals surface area contributed by atoms with Crippen molar-refractivity contribution in [3.8, 4) is 0 Å². The summed E-state index contributed by atoms with van der Waals surface area (Å²) in [6.45, 7) is 0.519. The van der Waals surface area contributed by atoms with Crippen molar-refractivity contribution in [3.05, 3.63) is 23.8 Å². The Bertz CT molecular complexity index is 470. The maximum atomic E-state index is 11.1. The lowest BCUT2D eigenvalue weighted by Crippen LogP contribution is -2.39. The molecule has 0 radical (unpaired) electrons. The second-order valence-corrected chi connectivity index (χ2v) is 5.29. The zero-order valence-corrected chi connectivity index (χ0v) is 11.6. The van der Waals surface area contributed by atoms with E-state index < -0.39 is 5.97 Å². The summed E-state index contributed by atoms with van der Waals surface area (Å²) in [5.41, 5.74) is 7.53. The minimum atomic E-state index is -0.959. The monoisotopic (exact) mass is 278 g/mol. The SMILES string of the molecule is Nc1ccc(C(=O)O)cc1N(CCO)C1CCCCC1. The predicted molar refractivity (Wildman–Crippen MR) is 79.1 cm³/mol. The number of nitrogens with two attached hydrogens (primary N) is 1. The van der Waals surface area contributed by atoms with E-state index in [1.165, 1.54) is 25.3 Å². The lowest BCUT2D eigenvalue weighted by atomic mass is 9.93. The molecular weight excluding hydrogens is 256 g/mol. The topological polar surface area (TPSA) is 86.8 Å². The van der Waals surface area contributed by atoms with Gasteiger partial charge in [-0.25, -0.2) is 4.79 Å². The minimum absolute atomic E-state index is 0.0350. The maximum absolute atomic E-state index is 11.1. The van der Waals surface area contributed by atoms with Crippen molar-refractivity contribution in [2.75, 3.05) is 23.8 Å². The molecule has 0 spiro atoms. The third-order valence-corrected chi connectivity index (χ3v) is 3.94. The molecular formula is C15H22N2O3. The van der Waals surface area contributed by atoms with Crippen LogP contribution in [0.2, 0.25) is 0 Å². The fourth-order valence-corrected chi connectivity index (χ4v) is 2.93. The standard InChI is InChI=1S/C15H22N2O3/c16-13-7-6-11(15(19)20)10-14(13)17(8-9-18)12-4-2-1-3-5-12/h6-7,10,12,18H,1-5,8-9,16H2,(H,19,20). The van der Waals surface area contributed by atoms with E-state index in [9.17, 15) is 9.90 Å². The number of anilines is 2. The summed E-state index contributed by atoms with van der Waals surface area (Å²) in [5.74, 6) is -0.959. The Morgan fingerprint density at radius 1 is 1.30 bits per heavy atom. The molecule has 20 heavy (non-hydrogen) atoms. The van der Waals surface area contributed by atoms with E-state index in [1.54, 1.807) is 12.1 Å². The Kier molecular flexibility index (Phi) is 4.84. The van der Waals surface area contributed by atoms with E-state index >= 15 is 0 Å². The number of aliphatic hydroxyl groups excluding tert-OH is 1. The van der Waals surface area contributed by atoms with E-state index in [1.807, 2.05) is 0 Å². The molecule has 110 valence electrons. The highest BCUT2D eigenvalue weighted by molar-refractivity contribution is 5.90. The van der Waals surface area contributed by atoms with Crippen LogP contribution in [0.3, 0.4) is 0 Å². The van der Waals surface area contributed by atoms with Crippen LogP contribution in [-0.4, -0.2) is 35.4 Å². The van der Waals surface area contributed by atoms with Gasteiger partial charge in [0.25, 0.3) is 0 Å². The van der Waals surface area contributed by atoms with Crippen LogP contribution in [0.15, 0.2) is 18.2 Å². The number of carbonyl (C=O) groups is 1. The predicted octanol–water partition coefficient (Wildman–Crippen LogP) is 2.10. The van der Waals surface area contributed by atoms with Gasteiger partial charge in [0.05, 0.1) is 23.5 Å². The number of hydrogen-bond donors (Lipinski definition) is 3. The average molecular weight is 278 g/mol. The van der Waals surface area contributed by atoms with Crippen LogP contribution in [0.5, 0.6) is 0 Å². The molecule has 1 aromatic rings. The molecule has 0 aliphatic heterocycles. The summed E-state index contributed by atoms with van der Waals surface area (Å²) in [4.78, 5) is 13.2. The normalized spacial score (nSPS) is 16.1. The van der Waals surface area contributed by atoms with Crippen LogP contribution in [0.4, 0.5) is 11.4 Å². The number of carboxylic acid groups (broad SMARTS) is 1. The summed E-state index contributed by atoms with van der Waals surface area (Å²) in [6.07, 6.45) is 5.72. The molecule has 0 bridgehead atoms. The van der Waals surface area contributed by atoms with E-state index in [4.69, 9.17) is 10.8 Å². The van der Waals surface area contributed by atoms with E-state index in [2.05, 4.69) is 4.90 Å². The van der Waals surface area contributed by atoms with Gasteiger partial charge in [-0.3, -0.25) is 0 Å². The van der Waals surface area contributed by atoms with Crippen LogP contribution in [-0.2, 0) is 0 Å². The van der Waals surface area contributed by atoms with Crippen molar-refractivity contribution in [2.24, 2.45) is 0 Å². The number of nitrogens with zero attached hydrogens (tertiary/aromatic N) is 1. The molecule has 0 atom stereocenters. The summed E-state index contributed by atoms with van der Waals surface area (Å²) in [6, 6.07) is 5.09. The largest absolute Gasteiger partial charge is 0.478 e. The quantitative estimate of drug-likeness (QED) is 0.718. The number of aromatic carboxylic acids is 1. The molecule has 1 aliphatic rings. The highest BCUT2D eigenvalue weighted by Gasteiger charge is 2.23. The molecule has 1 saturated carbocycles. The van der Waals surface area contributed by atoms with Crippen LogP contribution >= 0.6 is 0 Å². The fraction of sp³-hybridized carbons (Fsp3) is 0.533. The van der Waals surface area contributed by atoms with Crippen LogP contribution in [0.1, 0.15) is 42.5 Å².